The number of carbonyl (C=O) groups is 2. The summed E-state index contributed by atoms with van der Waals surface area (Å²) in [6.07, 6.45) is 2.18. The molecule has 0 radical (unpaired) electrons. The molecule has 0 aliphatic carbocycles. The van der Waals surface area contributed by atoms with Crippen LogP contribution >= 0.6 is 11.8 Å². The first kappa shape index (κ1) is 19.0. The van der Waals surface area contributed by atoms with E-state index in [1.54, 1.807) is 29.4 Å². The molecule has 1 aliphatic heterocycles. The molecule has 1 amide bonds. The van der Waals surface area contributed by atoms with Gasteiger partial charge in [0, 0.05) is 0 Å². The number of hydrogen-bond acceptors (Lipinski definition) is 5. The third-order valence-electron chi connectivity index (χ3n) is 4.52. The van der Waals surface area contributed by atoms with Crippen LogP contribution in [0.4, 0.5) is 5.69 Å². The second kappa shape index (κ2) is 8.36. The molecule has 7 heteroatoms. The lowest BCUT2D eigenvalue weighted by molar-refractivity contribution is -0.126. The van der Waals surface area contributed by atoms with Crippen LogP contribution < -0.4 is 0 Å². The summed E-state index contributed by atoms with van der Waals surface area (Å²) in [5.41, 5.74) is 1.87. The van der Waals surface area contributed by atoms with E-state index in [9.17, 15) is 9.59 Å². The molecular weight excluding hydrogens is 388 g/mol. The van der Waals surface area contributed by atoms with E-state index in [1.807, 2.05) is 36.4 Å². The van der Waals surface area contributed by atoms with Crippen LogP contribution in [0.15, 0.2) is 82.4 Å². The lowest BCUT2D eigenvalue weighted by atomic mass is 10.1. The Bertz CT molecular complexity index is 1030. The minimum Gasteiger partial charge on any atom is -0.478 e. The highest BCUT2D eigenvalue weighted by molar-refractivity contribution is 8.15. The molecular formula is C22H18N2O4S. The number of rotatable bonds is 6. The Labute approximate surface area is 171 Å². The summed E-state index contributed by atoms with van der Waals surface area (Å²) in [5.74, 6) is -0.332. The van der Waals surface area contributed by atoms with Gasteiger partial charge in [-0.3, -0.25) is 9.69 Å². The van der Waals surface area contributed by atoms with Gasteiger partial charge in [-0.15, -0.1) is 0 Å². The Morgan fingerprint density at radius 3 is 2.48 bits per heavy atom. The third-order valence-corrected chi connectivity index (χ3v) is 5.69. The number of carboxylic acid groups (broad SMARTS) is 1. The summed E-state index contributed by atoms with van der Waals surface area (Å²) in [4.78, 5) is 30.4. The SMILES string of the molecule is O=C(O)c1ccc(N=C2SC(Cc3ccccc3)C(=O)N2Cc2ccco2)cc1. The Hall–Kier alpha value is -3.32. The van der Waals surface area contributed by atoms with E-state index in [-0.39, 0.29) is 16.7 Å². The van der Waals surface area contributed by atoms with Crippen LogP contribution in [0.25, 0.3) is 0 Å². The number of benzene rings is 2. The number of carbonyl (C=O) groups excluding carboxylic acids is 1. The van der Waals surface area contributed by atoms with E-state index in [4.69, 9.17) is 9.52 Å². The molecule has 2 aromatic carbocycles. The van der Waals surface area contributed by atoms with Crippen LogP contribution in [-0.4, -0.2) is 32.3 Å². The Balaban J connectivity index is 1.61. The van der Waals surface area contributed by atoms with Gasteiger partial charge < -0.3 is 9.52 Å². The summed E-state index contributed by atoms with van der Waals surface area (Å²) >= 11 is 1.42. The first-order chi connectivity index (χ1) is 14.1. The van der Waals surface area contributed by atoms with Crippen molar-refractivity contribution in [3.63, 3.8) is 0 Å². The zero-order valence-corrected chi connectivity index (χ0v) is 16.2. The molecule has 1 unspecified atom stereocenters. The Morgan fingerprint density at radius 1 is 1.07 bits per heavy atom. The summed E-state index contributed by atoms with van der Waals surface area (Å²) < 4.78 is 5.41. The number of hydrogen-bond donors (Lipinski definition) is 1. The van der Waals surface area contributed by atoms with Gasteiger partial charge in [-0.1, -0.05) is 42.1 Å². The molecule has 29 heavy (non-hydrogen) atoms. The van der Waals surface area contributed by atoms with Gasteiger partial charge in [-0.05, 0) is 48.4 Å². The fourth-order valence-corrected chi connectivity index (χ4v) is 4.24. The summed E-state index contributed by atoms with van der Waals surface area (Å²) in [6.45, 7) is 0.302. The van der Waals surface area contributed by atoms with Crippen LogP contribution in [0.2, 0.25) is 0 Å². The van der Waals surface area contributed by atoms with Crippen LogP contribution in [0.5, 0.6) is 0 Å². The van der Waals surface area contributed by atoms with Crippen molar-refractivity contribution in [1.29, 1.82) is 0 Å². The van der Waals surface area contributed by atoms with Gasteiger partial charge in [0.15, 0.2) is 5.17 Å². The van der Waals surface area contributed by atoms with Gasteiger partial charge in [-0.25, -0.2) is 9.79 Å². The number of nitrogens with zero attached hydrogens (tertiary/aromatic N) is 2. The maximum absolute atomic E-state index is 13.1. The van der Waals surface area contributed by atoms with Gasteiger partial charge >= 0.3 is 5.97 Å². The average molecular weight is 406 g/mol. The first-order valence-electron chi connectivity index (χ1n) is 9.06. The van der Waals surface area contributed by atoms with Gasteiger partial charge in [0.05, 0.1) is 29.3 Å². The average Bonchev–Trinajstić information content (AvgIpc) is 3.34. The number of carboxylic acids is 1. The fourth-order valence-electron chi connectivity index (χ4n) is 3.05. The summed E-state index contributed by atoms with van der Waals surface area (Å²) in [5, 5.41) is 9.36. The minimum atomic E-state index is -0.989. The van der Waals surface area contributed by atoms with Crippen molar-refractivity contribution >= 4 is 34.5 Å². The third kappa shape index (κ3) is 4.41. The molecule has 2 heterocycles. The highest BCUT2D eigenvalue weighted by Crippen LogP contribution is 2.33. The Kier molecular flexibility index (Phi) is 5.48. The molecule has 1 saturated heterocycles. The molecule has 1 aromatic heterocycles. The monoisotopic (exact) mass is 406 g/mol. The predicted octanol–water partition coefficient (Wildman–Crippen LogP) is 4.35. The maximum Gasteiger partial charge on any atom is 0.335 e. The number of thioether (sulfide) groups is 1. The van der Waals surface area contributed by atoms with Gasteiger partial charge in [0.25, 0.3) is 0 Å². The van der Waals surface area contributed by atoms with Crippen LogP contribution in [0.3, 0.4) is 0 Å². The fraction of sp³-hybridized carbons (Fsp3) is 0.136. The molecule has 4 rings (SSSR count). The number of amidine groups is 1. The van der Waals surface area contributed by atoms with E-state index in [0.29, 0.717) is 29.6 Å². The summed E-state index contributed by atoms with van der Waals surface area (Å²) in [6, 6.07) is 19.8. The lowest BCUT2D eigenvalue weighted by Crippen LogP contribution is -2.32. The molecule has 146 valence electrons. The highest BCUT2D eigenvalue weighted by Gasteiger charge is 2.38. The van der Waals surface area contributed by atoms with E-state index in [1.165, 1.54) is 23.9 Å². The normalized spacial score (nSPS) is 17.8. The van der Waals surface area contributed by atoms with Gasteiger partial charge in [-0.2, -0.15) is 0 Å². The van der Waals surface area contributed by atoms with E-state index in [2.05, 4.69) is 4.99 Å². The van der Waals surface area contributed by atoms with Crippen LogP contribution in [0, 0.1) is 0 Å². The number of furan rings is 1. The zero-order chi connectivity index (χ0) is 20.2. The van der Waals surface area contributed by atoms with E-state index in [0.717, 1.165) is 5.56 Å². The van der Waals surface area contributed by atoms with Crippen LogP contribution in [0.1, 0.15) is 21.7 Å². The standard InChI is InChI=1S/C22H18N2O4S/c25-20-19(13-15-5-2-1-3-6-15)29-22(24(20)14-18-7-4-12-28-18)23-17-10-8-16(9-11-17)21(26)27/h1-12,19H,13-14H2,(H,26,27). The van der Waals surface area contributed by atoms with E-state index >= 15 is 0 Å². The van der Waals surface area contributed by atoms with Gasteiger partial charge in [0.2, 0.25) is 5.91 Å². The molecule has 1 aliphatic rings. The minimum absolute atomic E-state index is 0.0174. The lowest BCUT2D eigenvalue weighted by Gasteiger charge is -2.15. The van der Waals surface area contributed by atoms with Crippen molar-refractivity contribution in [3.8, 4) is 0 Å². The zero-order valence-electron chi connectivity index (χ0n) is 15.4. The predicted molar refractivity (Wildman–Crippen MR) is 111 cm³/mol. The molecule has 1 N–H and O–H groups in total. The molecule has 6 nitrogen and oxygen atoms in total. The largest absolute Gasteiger partial charge is 0.478 e. The number of amides is 1. The van der Waals surface area contributed by atoms with Crippen LogP contribution in [-0.2, 0) is 17.8 Å². The second-order valence-corrected chi connectivity index (χ2v) is 7.72. The highest BCUT2D eigenvalue weighted by atomic mass is 32.2. The van der Waals surface area contributed by atoms with Crippen molar-refractivity contribution in [1.82, 2.24) is 4.90 Å². The van der Waals surface area contributed by atoms with Crippen molar-refractivity contribution in [3.05, 3.63) is 89.9 Å². The first-order valence-corrected chi connectivity index (χ1v) is 9.94. The molecule has 3 aromatic rings. The topological polar surface area (TPSA) is 83.1 Å². The van der Waals surface area contributed by atoms with E-state index < -0.39 is 5.97 Å². The number of aliphatic imine (C=N–C) groups is 1. The Morgan fingerprint density at radius 2 is 1.83 bits per heavy atom. The number of aromatic carboxylic acids is 1. The summed E-state index contributed by atoms with van der Waals surface area (Å²) in [7, 11) is 0. The molecule has 1 fully saturated rings. The maximum atomic E-state index is 13.1. The van der Waals surface area contributed by atoms with Crippen molar-refractivity contribution in [2.75, 3.05) is 0 Å². The second-order valence-electron chi connectivity index (χ2n) is 6.55. The quantitative estimate of drug-likeness (QED) is 0.658. The van der Waals surface area contributed by atoms with Crippen molar-refractivity contribution < 1.29 is 19.1 Å². The van der Waals surface area contributed by atoms with Crippen molar-refractivity contribution in [2.45, 2.75) is 18.2 Å². The molecule has 0 spiro atoms. The molecule has 1 atom stereocenters. The smallest absolute Gasteiger partial charge is 0.335 e. The van der Waals surface area contributed by atoms with Crippen molar-refractivity contribution in [2.24, 2.45) is 4.99 Å². The van der Waals surface area contributed by atoms with Gasteiger partial charge in [0.1, 0.15) is 5.76 Å². The molecule has 0 bridgehead atoms. The molecule has 0 saturated carbocycles.